The fourth-order valence-electron chi connectivity index (χ4n) is 4.95. The molecule has 1 aliphatic carbocycles. The molecule has 2 nitrogen and oxygen atoms in total. The average Bonchev–Trinajstić information content (AvgIpc) is 2.85. The van der Waals surface area contributed by atoms with Crippen molar-refractivity contribution in [3.63, 3.8) is 0 Å². The molecule has 4 aromatic carbocycles. The number of para-hydroxylation sites is 2. The molecule has 0 bridgehead atoms. The van der Waals surface area contributed by atoms with Crippen LogP contribution in [0.5, 0.6) is 23.0 Å². The molecule has 0 aromatic heterocycles. The van der Waals surface area contributed by atoms with Crippen LogP contribution in [-0.2, 0) is 0 Å². The normalized spacial score (nSPS) is 22.1. The van der Waals surface area contributed by atoms with E-state index in [-0.39, 0.29) is 0 Å². The van der Waals surface area contributed by atoms with Crippen molar-refractivity contribution < 1.29 is 9.47 Å². The van der Waals surface area contributed by atoms with E-state index in [0.717, 1.165) is 23.0 Å². The summed E-state index contributed by atoms with van der Waals surface area (Å²) in [6.07, 6.45) is 0. The predicted molar refractivity (Wildman–Crippen MR) is 130 cm³/mol. The minimum atomic E-state index is 0.511. The molecule has 1 fully saturated rings. The molecular weight excluding hydrogens is 392 g/mol. The molecule has 32 heavy (non-hydrogen) atoms. The number of hydrogen-bond acceptors (Lipinski definition) is 2. The van der Waals surface area contributed by atoms with E-state index in [0.29, 0.717) is 23.7 Å². The summed E-state index contributed by atoms with van der Waals surface area (Å²) in [6, 6.07) is 37.1. The minimum Gasteiger partial charge on any atom is -0.457 e. The van der Waals surface area contributed by atoms with Crippen LogP contribution in [0, 0.1) is 11.8 Å². The average molecular weight is 421 g/mol. The first kappa shape index (κ1) is 20.4. The van der Waals surface area contributed by atoms with Crippen molar-refractivity contribution in [1.29, 1.82) is 0 Å². The zero-order valence-corrected chi connectivity index (χ0v) is 18.5. The monoisotopic (exact) mass is 420 g/mol. The first-order chi connectivity index (χ1) is 15.7. The Morgan fingerprint density at radius 3 is 1.06 bits per heavy atom. The molecular formula is C30H28O2. The zero-order chi connectivity index (χ0) is 21.9. The second-order valence-electron chi connectivity index (χ2n) is 8.74. The molecule has 0 aliphatic heterocycles. The van der Waals surface area contributed by atoms with Gasteiger partial charge in [-0.25, -0.2) is 0 Å². The van der Waals surface area contributed by atoms with Crippen LogP contribution in [0.4, 0.5) is 0 Å². The van der Waals surface area contributed by atoms with Crippen LogP contribution in [0.2, 0.25) is 0 Å². The first-order valence-corrected chi connectivity index (χ1v) is 11.3. The lowest BCUT2D eigenvalue weighted by molar-refractivity contribution is 0.122. The Kier molecular flexibility index (Phi) is 5.68. The lowest BCUT2D eigenvalue weighted by Gasteiger charge is -2.50. The molecule has 0 heterocycles. The summed E-state index contributed by atoms with van der Waals surface area (Å²) in [7, 11) is 0. The van der Waals surface area contributed by atoms with Gasteiger partial charge in [0.05, 0.1) is 0 Å². The topological polar surface area (TPSA) is 18.5 Å². The summed E-state index contributed by atoms with van der Waals surface area (Å²) in [6.45, 7) is 4.74. The van der Waals surface area contributed by atoms with Crippen molar-refractivity contribution >= 4 is 0 Å². The van der Waals surface area contributed by atoms with Gasteiger partial charge >= 0.3 is 0 Å². The van der Waals surface area contributed by atoms with Crippen LogP contribution >= 0.6 is 0 Å². The van der Waals surface area contributed by atoms with E-state index in [1.165, 1.54) is 11.1 Å². The third-order valence-electron chi connectivity index (χ3n) is 6.84. The Labute approximate surface area is 190 Å². The molecule has 1 saturated carbocycles. The van der Waals surface area contributed by atoms with E-state index in [1.54, 1.807) is 0 Å². The maximum atomic E-state index is 5.97. The van der Waals surface area contributed by atoms with E-state index in [9.17, 15) is 0 Å². The van der Waals surface area contributed by atoms with Crippen molar-refractivity contribution in [3.05, 3.63) is 120 Å². The van der Waals surface area contributed by atoms with E-state index in [1.807, 2.05) is 60.7 Å². The van der Waals surface area contributed by atoms with Gasteiger partial charge in [-0.15, -0.1) is 0 Å². The maximum Gasteiger partial charge on any atom is 0.127 e. The van der Waals surface area contributed by atoms with Gasteiger partial charge in [-0.3, -0.25) is 0 Å². The Morgan fingerprint density at radius 1 is 0.406 bits per heavy atom. The number of rotatable bonds is 6. The van der Waals surface area contributed by atoms with E-state index >= 15 is 0 Å². The summed E-state index contributed by atoms with van der Waals surface area (Å²) in [5.41, 5.74) is 2.76. The highest BCUT2D eigenvalue weighted by molar-refractivity contribution is 5.41. The van der Waals surface area contributed by atoms with Crippen molar-refractivity contribution in [2.24, 2.45) is 11.8 Å². The van der Waals surface area contributed by atoms with Gasteiger partial charge in [0.25, 0.3) is 0 Å². The highest BCUT2D eigenvalue weighted by Gasteiger charge is 2.46. The van der Waals surface area contributed by atoms with Crippen LogP contribution in [0.25, 0.3) is 0 Å². The largest absolute Gasteiger partial charge is 0.457 e. The maximum absolute atomic E-state index is 5.97. The van der Waals surface area contributed by atoms with E-state index in [2.05, 4.69) is 62.4 Å². The number of hydrogen-bond donors (Lipinski definition) is 0. The Morgan fingerprint density at radius 2 is 0.719 bits per heavy atom. The summed E-state index contributed by atoms with van der Waals surface area (Å²) in [5, 5.41) is 0. The van der Waals surface area contributed by atoms with Gasteiger partial charge in [-0.2, -0.15) is 0 Å². The van der Waals surface area contributed by atoms with Gasteiger partial charge in [0.1, 0.15) is 23.0 Å². The third-order valence-corrected chi connectivity index (χ3v) is 6.84. The number of benzene rings is 4. The lowest BCUT2D eigenvalue weighted by atomic mass is 9.54. The highest BCUT2D eigenvalue weighted by Crippen LogP contribution is 2.57. The molecule has 4 aromatic rings. The van der Waals surface area contributed by atoms with Gasteiger partial charge in [-0.1, -0.05) is 74.5 Å². The van der Waals surface area contributed by atoms with Crippen molar-refractivity contribution in [3.8, 4) is 23.0 Å². The van der Waals surface area contributed by atoms with Crippen molar-refractivity contribution in [2.45, 2.75) is 25.7 Å². The standard InChI is InChI=1S/C30H28O2/c1-21-22(2)30(24-15-19-28(20-16-24)32-26-11-7-4-8-12-26)29(21)23-13-17-27(18-14-23)31-25-9-5-3-6-10-25/h3-22,29-30H,1-2H3/t21-,22-,29-,30-/m0/s1. The smallest absolute Gasteiger partial charge is 0.127 e. The SMILES string of the molecule is C[C@H]1[C@H](C)[C@@H](c2ccc(Oc3ccccc3)cc2)[C@@H]1c1ccc(Oc2ccccc2)cc1. The second-order valence-corrected chi connectivity index (χ2v) is 8.74. The number of ether oxygens (including phenoxy) is 2. The van der Waals surface area contributed by atoms with Crippen LogP contribution in [0.15, 0.2) is 109 Å². The van der Waals surface area contributed by atoms with Gasteiger partial charge in [0.15, 0.2) is 0 Å². The van der Waals surface area contributed by atoms with Crippen LogP contribution in [0.1, 0.15) is 36.8 Å². The molecule has 2 heteroatoms. The summed E-state index contributed by atoms with van der Waals surface area (Å²) in [4.78, 5) is 0. The van der Waals surface area contributed by atoms with Gasteiger partial charge < -0.3 is 9.47 Å². The Hall–Kier alpha value is -3.52. The molecule has 0 amide bonds. The van der Waals surface area contributed by atoms with Crippen LogP contribution in [-0.4, -0.2) is 0 Å². The molecule has 0 spiro atoms. The zero-order valence-electron chi connectivity index (χ0n) is 18.5. The van der Waals surface area contributed by atoms with Crippen LogP contribution < -0.4 is 9.47 Å². The van der Waals surface area contributed by atoms with E-state index in [4.69, 9.17) is 9.47 Å². The first-order valence-electron chi connectivity index (χ1n) is 11.3. The van der Waals surface area contributed by atoms with Crippen molar-refractivity contribution in [2.75, 3.05) is 0 Å². The summed E-state index contributed by atoms with van der Waals surface area (Å²) >= 11 is 0. The Balaban J connectivity index is 1.31. The molecule has 0 radical (unpaired) electrons. The molecule has 1 aliphatic rings. The lowest BCUT2D eigenvalue weighted by Crippen LogP contribution is -2.39. The van der Waals surface area contributed by atoms with Crippen LogP contribution in [0.3, 0.4) is 0 Å². The fourth-order valence-corrected chi connectivity index (χ4v) is 4.95. The quantitative estimate of drug-likeness (QED) is 0.312. The fraction of sp³-hybridized carbons (Fsp3) is 0.200. The van der Waals surface area contributed by atoms with E-state index < -0.39 is 0 Å². The minimum absolute atomic E-state index is 0.511. The van der Waals surface area contributed by atoms with Gasteiger partial charge in [0.2, 0.25) is 0 Å². The molecule has 4 atom stereocenters. The van der Waals surface area contributed by atoms with Crippen molar-refractivity contribution in [1.82, 2.24) is 0 Å². The molecule has 5 rings (SSSR count). The van der Waals surface area contributed by atoms with Gasteiger partial charge in [0, 0.05) is 0 Å². The predicted octanol–water partition coefficient (Wildman–Crippen LogP) is 8.42. The summed E-state index contributed by atoms with van der Waals surface area (Å²) in [5.74, 6) is 5.77. The van der Waals surface area contributed by atoms with Gasteiger partial charge in [-0.05, 0) is 83.3 Å². The molecule has 0 unspecified atom stereocenters. The molecule has 160 valence electrons. The second kappa shape index (κ2) is 8.92. The summed E-state index contributed by atoms with van der Waals surface area (Å²) < 4.78 is 11.9. The molecule has 0 saturated heterocycles. The Bertz CT molecular complexity index is 1040. The third kappa shape index (κ3) is 4.13. The highest BCUT2D eigenvalue weighted by atomic mass is 16.5. The molecule has 0 N–H and O–H groups in total.